The van der Waals surface area contributed by atoms with Gasteiger partial charge in [-0.3, -0.25) is 0 Å². The Morgan fingerprint density at radius 3 is 0.588 bits per heavy atom. The zero-order valence-corrected chi connectivity index (χ0v) is 49.4. The number of benzene rings is 12. The number of aryl methyl sites for hydroxylation is 6. The molecule has 1 heteroatoms. The Morgan fingerprint density at radius 2 is 0.400 bits per heavy atom. The summed E-state index contributed by atoms with van der Waals surface area (Å²) >= 11 is 0. The highest BCUT2D eigenvalue weighted by molar-refractivity contribution is 5.95. The fraction of sp³-hybridized carbons (Fsp3) is 0.0714. The van der Waals surface area contributed by atoms with E-state index >= 15 is 0 Å². The van der Waals surface area contributed by atoms with Gasteiger partial charge in [-0.25, -0.2) is 0 Å². The van der Waals surface area contributed by atoms with Crippen LogP contribution in [0.3, 0.4) is 0 Å². The van der Waals surface area contributed by atoms with Gasteiger partial charge in [-0.05, 0) is 230 Å². The molecule has 0 fully saturated rings. The van der Waals surface area contributed by atoms with Crippen LogP contribution >= 0.6 is 0 Å². The molecular weight excluding hydrogens is 1020 g/mol. The van der Waals surface area contributed by atoms with Crippen molar-refractivity contribution in [2.75, 3.05) is 4.90 Å². The topological polar surface area (TPSA) is 3.24 Å². The molecule has 85 heavy (non-hydrogen) atoms. The Hall–Kier alpha value is -10.3. The fourth-order valence-corrected chi connectivity index (χ4v) is 12.2. The van der Waals surface area contributed by atoms with Crippen molar-refractivity contribution in [3.8, 4) is 33.4 Å². The molecule has 12 aromatic carbocycles. The van der Waals surface area contributed by atoms with E-state index < -0.39 is 0 Å². The van der Waals surface area contributed by atoms with Gasteiger partial charge in [0, 0.05) is 17.1 Å². The van der Waals surface area contributed by atoms with Gasteiger partial charge in [0.15, 0.2) is 0 Å². The maximum atomic E-state index is 2.44. The van der Waals surface area contributed by atoms with E-state index in [2.05, 4.69) is 356 Å². The molecule has 12 aromatic rings. The highest BCUT2D eigenvalue weighted by Crippen LogP contribution is 2.43. The van der Waals surface area contributed by atoms with E-state index in [1.165, 1.54) is 134 Å². The lowest BCUT2D eigenvalue weighted by Gasteiger charge is -2.28. The lowest BCUT2D eigenvalue weighted by Crippen LogP contribution is -2.11. The van der Waals surface area contributed by atoms with Crippen molar-refractivity contribution < 1.29 is 0 Å². The van der Waals surface area contributed by atoms with Crippen molar-refractivity contribution in [3.05, 3.63) is 375 Å². The minimum absolute atomic E-state index is 1.10. The third kappa shape index (κ3) is 12.3. The third-order valence-corrected chi connectivity index (χ3v) is 16.5. The van der Waals surface area contributed by atoms with E-state index in [0.717, 1.165) is 17.1 Å². The lowest BCUT2D eigenvalue weighted by atomic mass is 9.91. The minimum Gasteiger partial charge on any atom is -0.310 e. The van der Waals surface area contributed by atoms with E-state index in [1.807, 2.05) is 0 Å². The van der Waals surface area contributed by atoms with Gasteiger partial charge in [0.25, 0.3) is 0 Å². The number of anilines is 3. The lowest BCUT2D eigenvalue weighted by molar-refractivity contribution is 1.25. The third-order valence-electron chi connectivity index (χ3n) is 16.5. The highest BCUT2D eigenvalue weighted by atomic mass is 15.1. The Kier molecular flexibility index (Phi) is 16.3. The largest absolute Gasteiger partial charge is 0.310 e. The molecule has 0 spiro atoms. The molecule has 410 valence electrons. The number of hydrogen-bond acceptors (Lipinski definition) is 1. The van der Waals surface area contributed by atoms with E-state index in [1.54, 1.807) is 0 Å². The first-order valence-electron chi connectivity index (χ1n) is 29.5. The Balaban J connectivity index is 0.903. The van der Waals surface area contributed by atoms with Gasteiger partial charge in [0.05, 0.1) is 0 Å². The van der Waals surface area contributed by atoms with Gasteiger partial charge in [-0.1, -0.05) is 255 Å². The molecule has 0 aliphatic carbocycles. The smallest absolute Gasteiger partial charge is 0.0464 e. The van der Waals surface area contributed by atoms with Gasteiger partial charge in [-0.2, -0.15) is 0 Å². The summed E-state index contributed by atoms with van der Waals surface area (Å²) in [4.78, 5) is 2.44. The van der Waals surface area contributed by atoms with Crippen molar-refractivity contribution >= 4 is 52.0 Å². The first-order valence-corrected chi connectivity index (χ1v) is 29.5. The molecule has 0 amide bonds. The molecule has 0 bridgehead atoms. The van der Waals surface area contributed by atoms with Crippen molar-refractivity contribution in [3.63, 3.8) is 0 Å². The van der Waals surface area contributed by atoms with Crippen LogP contribution in [0.4, 0.5) is 17.1 Å². The number of nitrogens with zero attached hydrogens (tertiary/aromatic N) is 1. The quantitative estimate of drug-likeness (QED) is 0.0925. The Labute approximate surface area is 503 Å². The normalized spacial score (nSPS) is 10.9. The second-order valence-corrected chi connectivity index (χ2v) is 22.4. The SMILES string of the molecule is Cc1cc(C=C(c2ccccc2)c2ccccc2)ccc1-c1ccc(N(c2ccc(-c3ccc(C=C(c4ccccc4)c4ccccc4)cc3C)c(C)c2)c2ccc(-c3ccc(C=C(c4ccccc4)c4ccccc4)cc3C)c(C)c2)cc1C. The van der Waals surface area contributed by atoms with Crippen LogP contribution in [0.25, 0.3) is 68.3 Å². The standard InChI is InChI=1S/C84H69N/c1-58-49-64(55-82(67-25-13-7-14-26-67)68-27-15-8-16-28-68)37-43-76(58)79-46-40-73(52-61(79)4)85(74-41-47-80(62(5)53-74)77-44-38-65(50-59(77)2)56-83(69-29-17-9-18-30-69)70-31-19-10-20-32-70)75-42-48-81(63(6)54-75)78-45-39-66(51-60(78)3)57-84(71-33-21-11-22-34-71)72-35-23-12-24-36-72/h7-57H,1-6H3. The average Bonchev–Trinajstić information content (AvgIpc) is 3.73. The van der Waals surface area contributed by atoms with Crippen LogP contribution in [-0.4, -0.2) is 0 Å². The van der Waals surface area contributed by atoms with Gasteiger partial charge in [0.2, 0.25) is 0 Å². The molecule has 0 radical (unpaired) electrons. The summed E-state index contributed by atoms with van der Waals surface area (Å²) in [6, 6.07) is 106. The zero-order valence-electron chi connectivity index (χ0n) is 49.4. The maximum absolute atomic E-state index is 2.44. The zero-order chi connectivity index (χ0) is 58.2. The molecule has 0 aromatic heterocycles. The molecule has 0 N–H and O–H groups in total. The predicted octanol–water partition coefficient (Wildman–Crippen LogP) is 22.8. The van der Waals surface area contributed by atoms with Crippen molar-refractivity contribution in [1.82, 2.24) is 0 Å². The van der Waals surface area contributed by atoms with Gasteiger partial charge in [0.1, 0.15) is 0 Å². The summed E-state index contributed by atoms with van der Waals surface area (Å²) in [5.41, 5.74) is 32.4. The minimum atomic E-state index is 1.10. The Bertz CT molecular complexity index is 3840. The number of hydrogen-bond donors (Lipinski definition) is 0. The summed E-state index contributed by atoms with van der Waals surface area (Å²) in [5.74, 6) is 0. The molecule has 0 aliphatic rings. The monoisotopic (exact) mass is 1090 g/mol. The molecular formula is C84H69N. The van der Waals surface area contributed by atoms with Gasteiger partial charge in [-0.15, -0.1) is 0 Å². The van der Waals surface area contributed by atoms with E-state index in [0.29, 0.717) is 0 Å². The number of rotatable bonds is 15. The van der Waals surface area contributed by atoms with Crippen LogP contribution in [0.5, 0.6) is 0 Å². The first kappa shape index (κ1) is 55.2. The van der Waals surface area contributed by atoms with Crippen molar-refractivity contribution in [2.45, 2.75) is 41.5 Å². The molecule has 0 saturated carbocycles. The molecule has 0 heterocycles. The van der Waals surface area contributed by atoms with E-state index in [4.69, 9.17) is 0 Å². The molecule has 0 atom stereocenters. The van der Waals surface area contributed by atoms with Crippen LogP contribution in [-0.2, 0) is 0 Å². The summed E-state index contributed by atoms with van der Waals surface area (Å²) in [7, 11) is 0. The highest BCUT2D eigenvalue weighted by Gasteiger charge is 2.20. The maximum Gasteiger partial charge on any atom is 0.0464 e. The van der Waals surface area contributed by atoms with Crippen molar-refractivity contribution in [2.24, 2.45) is 0 Å². The van der Waals surface area contributed by atoms with Crippen molar-refractivity contribution in [1.29, 1.82) is 0 Å². The summed E-state index contributed by atoms with van der Waals surface area (Å²) in [6.07, 6.45) is 6.96. The molecule has 1 nitrogen and oxygen atoms in total. The first-order chi connectivity index (χ1) is 41.6. The molecule has 0 unspecified atom stereocenters. The summed E-state index contributed by atoms with van der Waals surface area (Å²) < 4.78 is 0. The van der Waals surface area contributed by atoms with Gasteiger partial charge < -0.3 is 4.90 Å². The second kappa shape index (κ2) is 25.0. The van der Waals surface area contributed by atoms with Crippen LogP contribution in [0.15, 0.2) is 291 Å². The predicted molar refractivity (Wildman–Crippen MR) is 365 cm³/mol. The van der Waals surface area contributed by atoms with Gasteiger partial charge >= 0.3 is 0 Å². The van der Waals surface area contributed by atoms with E-state index in [-0.39, 0.29) is 0 Å². The van der Waals surface area contributed by atoms with Crippen LogP contribution in [0, 0.1) is 41.5 Å². The molecule has 0 saturated heterocycles. The van der Waals surface area contributed by atoms with Crippen LogP contribution < -0.4 is 4.90 Å². The van der Waals surface area contributed by atoms with Crippen LogP contribution in [0.2, 0.25) is 0 Å². The van der Waals surface area contributed by atoms with Crippen LogP contribution in [0.1, 0.15) is 83.5 Å². The fourth-order valence-electron chi connectivity index (χ4n) is 12.2. The summed E-state index contributed by atoms with van der Waals surface area (Å²) in [6.45, 7) is 13.5. The second-order valence-electron chi connectivity index (χ2n) is 22.4. The average molecular weight is 1090 g/mol. The Morgan fingerprint density at radius 1 is 0.212 bits per heavy atom. The molecule has 0 aliphatic heterocycles. The summed E-state index contributed by atoms with van der Waals surface area (Å²) in [5, 5.41) is 0. The van der Waals surface area contributed by atoms with E-state index in [9.17, 15) is 0 Å². The molecule has 12 rings (SSSR count).